The van der Waals surface area contributed by atoms with E-state index in [1.807, 2.05) is 62.4 Å². The second-order valence-electron chi connectivity index (χ2n) is 9.13. The van der Waals surface area contributed by atoms with Crippen LogP contribution >= 0.6 is 0 Å². The number of hydrogen-bond donors (Lipinski definition) is 5. The summed E-state index contributed by atoms with van der Waals surface area (Å²) in [6, 6.07) is 14.9. The molecule has 0 bridgehead atoms. The summed E-state index contributed by atoms with van der Waals surface area (Å²) in [5.41, 5.74) is 4.27. The van der Waals surface area contributed by atoms with Crippen LogP contribution in [0.2, 0.25) is 0 Å². The van der Waals surface area contributed by atoms with Gasteiger partial charge in [0.1, 0.15) is 5.82 Å². The minimum absolute atomic E-state index is 0.0982. The molecule has 1 amide bonds. The molecule has 1 aliphatic rings. The van der Waals surface area contributed by atoms with Gasteiger partial charge in [-0.05, 0) is 43.5 Å². The van der Waals surface area contributed by atoms with E-state index in [4.69, 9.17) is 0 Å². The normalized spacial score (nSPS) is 15.1. The Morgan fingerprint density at radius 1 is 1.11 bits per heavy atom. The summed E-state index contributed by atoms with van der Waals surface area (Å²) in [5.74, 6) is 0.734. The lowest BCUT2D eigenvalue weighted by molar-refractivity contribution is 0.0897. The lowest BCUT2D eigenvalue weighted by Crippen LogP contribution is -2.49. The minimum Gasteiger partial charge on any atom is -0.394 e. The third kappa shape index (κ3) is 4.82. The highest BCUT2D eigenvalue weighted by molar-refractivity contribution is 5.98. The number of aliphatic hydroxyl groups excluding tert-OH is 1. The number of aliphatic hydroxyl groups is 1. The second-order valence-corrected chi connectivity index (χ2v) is 9.13. The van der Waals surface area contributed by atoms with Gasteiger partial charge in [0.25, 0.3) is 5.91 Å². The first-order valence-electron chi connectivity index (χ1n) is 11.3. The van der Waals surface area contributed by atoms with Gasteiger partial charge in [-0.15, -0.1) is 5.10 Å². The third-order valence-corrected chi connectivity index (χ3v) is 5.88. The summed E-state index contributed by atoms with van der Waals surface area (Å²) in [5, 5.41) is 30.1. The highest BCUT2D eigenvalue weighted by Crippen LogP contribution is 2.30. The molecule has 2 aromatic heterocycles. The number of fused-ring (bicyclic) bond motifs is 1. The van der Waals surface area contributed by atoms with E-state index in [-0.39, 0.29) is 24.1 Å². The van der Waals surface area contributed by atoms with Gasteiger partial charge in [0.15, 0.2) is 0 Å². The number of aromatic nitrogens is 5. The van der Waals surface area contributed by atoms with E-state index in [1.165, 1.54) is 0 Å². The molecular formula is C25H26N8O2. The molecule has 178 valence electrons. The maximum atomic E-state index is 12.6. The first-order chi connectivity index (χ1) is 16.9. The van der Waals surface area contributed by atoms with E-state index in [1.54, 1.807) is 12.4 Å². The molecule has 0 fully saturated rings. The molecule has 5 rings (SSSR count). The number of hydrogen-bond acceptors (Lipinski definition) is 8. The van der Waals surface area contributed by atoms with Crippen LogP contribution in [0.5, 0.6) is 0 Å². The topological polar surface area (TPSA) is 141 Å². The number of carbonyl (C=O) groups excluding carboxylic acids is 1. The van der Waals surface area contributed by atoms with Crippen LogP contribution in [-0.2, 0) is 6.42 Å². The Kier molecular flexibility index (Phi) is 5.87. The number of carbonyl (C=O) groups is 1. The van der Waals surface area contributed by atoms with Crippen molar-refractivity contribution in [2.45, 2.75) is 31.8 Å². The number of amides is 1. The molecule has 35 heavy (non-hydrogen) atoms. The fourth-order valence-electron chi connectivity index (χ4n) is 4.21. The summed E-state index contributed by atoms with van der Waals surface area (Å²) in [6.07, 6.45) is 3.99. The van der Waals surface area contributed by atoms with E-state index in [9.17, 15) is 9.90 Å². The molecule has 0 spiro atoms. The number of rotatable bonds is 7. The molecule has 2 aromatic carbocycles. The van der Waals surface area contributed by atoms with Crippen molar-refractivity contribution < 1.29 is 9.90 Å². The SMILES string of the molecule is CC1(C)Cc2ccc(Nc3ncc(-c4cnn[nH]4)c(N[C@H](CO)c4ccccc4)n3)cc2C(=O)N1. The fourth-order valence-corrected chi connectivity index (χ4v) is 4.21. The zero-order chi connectivity index (χ0) is 24.4. The van der Waals surface area contributed by atoms with Crippen LogP contribution < -0.4 is 16.0 Å². The highest BCUT2D eigenvalue weighted by atomic mass is 16.3. The average Bonchev–Trinajstić information content (AvgIpc) is 3.38. The molecule has 0 unspecified atom stereocenters. The maximum absolute atomic E-state index is 12.6. The van der Waals surface area contributed by atoms with Gasteiger partial charge in [-0.2, -0.15) is 4.98 Å². The van der Waals surface area contributed by atoms with Gasteiger partial charge in [-0.1, -0.05) is 41.6 Å². The average molecular weight is 471 g/mol. The van der Waals surface area contributed by atoms with Crippen molar-refractivity contribution in [3.63, 3.8) is 0 Å². The lowest BCUT2D eigenvalue weighted by atomic mass is 9.87. The maximum Gasteiger partial charge on any atom is 0.252 e. The Labute approximate surface area is 202 Å². The Morgan fingerprint density at radius 2 is 1.94 bits per heavy atom. The molecule has 5 N–H and O–H groups in total. The van der Waals surface area contributed by atoms with Gasteiger partial charge in [0, 0.05) is 23.0 Å². The standard InChI is InChI=1S/C25H26N8O2/c1-25(2)11-16-8-9-17(10-18(16)23(35)31-25)28-24-26-12-19(20-13-27-33-32-20)22(30-24)29-21(14-34)15-6-4-3-5-7-15/h3-10,12-13,21,34H,11,14H2,1-2H3,(H,31,35)(H,27,32,33)(H2,26,28,29,30)/t21-/m1/s1. The molecule has 1 atom stereocenters. The van der Waals surface area contributed by atoms with Crippen molar-refractivity contribution in [3.05, 3.63) is 77.6 Å². The van der Waals surface area contributed by atoms with Gasteiger partial charge in [0.2, 0.25) is 5.95 Å². The van der Waals surface area contributed by atoms with E-state index in [0.717, 1.165) is 17.5 Å². The first-order valence-corrected chi connectivity index (χ1v) is 11.3. The van der Waals surface area contributed by atoms with Crippen molar-refractivity contribution in [3.8, 4) is 11.3 Å². The van der Waals surface area contributed by atoms with Crippen molar-refractivity contribution in [2.75, 3.05) is 17.2 Å². The van der Waals surface area contributed by atoms with Crippen LogP contribution in [0, 0.1) is 0 Å². The van der Waals surface area contributed by atoms with Gasteiger partial charge in [-0.25, -0.2) is 4.98 Å². The molecule has 0 saturated carbocycles. The van der Waals surface area contributed by atoms with E-state index < -0.39 is 0 Å². The van der Waals surface area contributed by atoms with Gasteiger partial charge in [0.05, 0.1) is 30.1 Å². The quantitative estimate of drug-likeness (QED) is 0.277. The highest BCUT2D eigenvalue weighted by Gasteiger charge is 2.30. The van der Waals surface area contributed by atoms with Gasteiger partial charge < -0.3 is 21.1 Å². The molecule has 0 radical (unpaired) electrons. The Hall–Kier alpha value is -4.31. The molecule has 0 saturated heterocycles. The predicted molar refractivity (Wildman–Crippen MR) is 132 cm³/mol. The summed E-state index contributed by atoms with van der Waals surface area (Å²) in [4.78, 5) is 21.7. The summed E-state index contributed by atoms with van der Waals surface area (Å²) < 4.78 is 0. The van der Waals surface area contributed by atoms with Crippen LogP contribution in [0.4, 0.5) is 17.5 Å². The monoisotopic (exact) mass is 470 g/mol. The Morgan fingerprint density at radius 3 is 2.69 bits per heavy atom. The predicted octanol–water partition coefficient (Wildman–Crippen LogP) is 3.22. The molecule has 4 aromatic rings. The van der Waals surface area contributed by atoms with Crippen molar-refractivity contribution in [2.24, 2.45) is 0 Å². The second kappa shape index (κ2) is 9.15. The number of anilines is 3. The number of benzene rings is 2. The van der Waals surface area contributed by atoms with Crippen molar-refractivity contribution in [1.82, 2.24) is 30.7 Å². The van der Waals surface area contributed by atoms with E-state index in [0.29, 0.717) is 34.3 Å². The van der Waals surface area contributed by atoms with Crippen molar-refractivity contribution >= 4 is 23.4 Å². The molecule has 10 heteroatoms. The molecule has 1 aliphatic heterocycles. The molecular weight excluding hydrogens is 444 g/mol. The van der Waals surface area contributed by atoms with Gasteiger partial charge >= 0.3 is 0 Å². The number of nitrogens with one attached hydrogen (secondary N) is 4. The van der Waals surface area contributed by atoms with Crippen LogP contribution in [-0.4, -0.2) is 48.5 Å². The minimum atomic E-state index is -0.385. The zero-order valence-electron chi connectivity index (χ0n) is 19.4. The van der Waals surface area contributed by atoms with Gasteiger partial charge in [-0.3, -0.25) is 9.89 Å². The van der Waals surface area contributed by atoms with Crippen LogP contribution in [0.3, 0.4) is 0 Å². The smallest absolute Gasteiger partial charge is 0.252 e. The lowest BCUT2D eigenvalue weighted by Gasteiger charge is -2.32. The Bertz CT molecular complexity index is 1340. The number of H-pyrrole nitrogens is 1. The van der Waals surface area contributed by atoms with Crippen molar-refractivity contribution in [1.29, 1.82) is 0 Å². The van der Waals surface area contributed by atoms with E-state index >= 15 is 0 Å². The first kappa shape index (κ1) is 22.5. The van der Waals surface area contributed by atoms with Crippen LogP contribution in [0.25, 0.3) is 11.3 Å². The summed E-state index contributed by atoms with van der Waals surface area (Å²) >= 11 is 0. The molecule has 0 aliphatic carbocycles. The third-order valence-electron chi connectivity index (χ3n) is 5.88. The van der Waals surface area contributed by atoms with Crippen LogP contribution in [0.1, 0.15) is 41.4 Å². The van der Waals surface area contributed by atoms with Crippen LogP contribution in [0.15, 0.2) is 60.9 Å². The summed E-state index contributed by atoms with van der Waals surface area (Å²) in [6.45, 7) is 3.89. The molecule has 10 nitrogen and oxygen atoms in total. The number of nitrogens with zero attached hydrogens (tertiary/aromatic N) is 4. The number of aromatic amines is 1. The molecule has 3 heterocycles. The summed E-state index contributed by atoms with van der Waals surface area (Å²) in [7, 11) is 0. The largest absolute Gasteiger partial charge is 0.394 e. The fraction of sp³-hybridized carbons (Fsp3) is 0.240. The van der Waals surface area contributed by atoms with E-state index in [2.05, 4.69) is 41.3 Å². The zero-order valence-corrected chi connectivity index (χ0v) is 19.4. The Balaban J connectivity index is 1.46.